The van der Waals surface area contributed by atoms with Gasteiger partial charge in [-0.2, -0.15) is 0 Å². The molecule has 4 aliphatic carbocycles. The molecule has 1 unspecified atom stereocenters. The van der Waals surface area contributed by atoms with E-state index in [1.54, 1.807) is 6.92 Å². The number of hydrogen-bond donors (Lipinski definition) is 2. The van der Waals surface area contributed by atoms with Crippen LogP contribution in [0.3, 0.4) is 0 Å². The zero-order chi connectivity index (χ0) is 22.1. The molecule has 2 N–H and O–H groups in total. The van der Waals surface area contributed by atoms with Crippen molar-refractivity contribution in [3.05, 3.63) is 0 Å². The number of ketones is 1. The molecule has 0 radical (unpaired) electrons. The number of carbonyl (C=O) groups is 2. The van der Waals surface area contributed by atoms with Crippen LogP contribution in [0.1, 0.15) is 122 Å². The molecule has 0 heterocycles. The van der Waals surface area contributed by atoms with Gasteiger partial charge in [0.05, 0.1) is 0 Å². The Hall–Kier alpha value is -0.900. The van der Waals surface area contributed by atoms with Crippen LogP contribution in [0.4, 0.5) is 0 Å². The molecular formula is C27H47NO3. The highest BCUT2D eigenvalue weighted by molar-refractivity contribution is 5.80. The van der Waals surface area contributed by atoms with Crippen molar-refractivity contribution in [1.29, 1.82) is 0 Å². The van der Waals surface area contributed by atoms with Crippen LogP contribution in [-0.2, 0) is 9.59 Å². The van der Waals surface area contributed by atoms with E-state index in [0.29, 0.717) is 24.2 Å². The van der Waals surface area contributed by atoms with Gasteiger partial charge < -0.3 is 15.2 Å². The Morgan fingerprint density at radius 1 is 0.839 bits per heavy atom. The number of aliphatic hydroxyl groups is 1. The Morgan fingerprint density at radius 2 is 1.32 bits per heavy atom. The summed E-state index contributed by atoms with van der Waals surface area (Å²) in [5, 5.41) is 13.3. The molecular weight excluding hydrogens is 386 g/mol. The van der Waals surface area contributed by atoms with E-state index < -0.39 is 6.10 Å². The van der Waals surface area contributed by atoms with E-state index >= 15 is 0 Å². The predicted molar refractivity (Wildman–Crippen MR) is 126 cm³/mol. The minimum atomic E-state index is -0.823. The SMILES string of the molecule is CC(=O)CCCCCCCCCCCNC(=O)C(O)CCC12CC3CC(CC(C3)C1)C2. The van der Waals surface area contributed by atoms with Crippen molar-refractivity contribution in [3.8, 4) is 0 Å². The molecule has 0 spiro atoms. The molecule has 0 aromatic carbocycles. The van der Waals surface area contributed by atoms with Gasteiger partial charge in [0.2, 0.25) is 5.91 Å². The Bertz CT molecular complexity index is 538. The minimum absolute atomic E-state index is 0.157. The van der Waals surface area contributed by atoms with Gasteiger partial charge >= 0.3 is 0 Å². The number of carbonyl (C=O) groups excluding carboxylic acids is 2. The van der Waals surface area contributed by atoms with E-state index in [1.807, 2.05) is 0 Å². The van der Waals surface area contributed by atoms with Crippen LogP contribution < -0.4 is 5.32 Å². The highest BCUT2D eigenvalue weighted by Gasteiger charge is 2.50. The van der Waals surface area contributed by atoms with Crippen LogP contribution >= 0.6 is 0 Å². The van der Waals surface area contributed by atoms with Crippen molar-refractivity contribution in [1.82, 2.24) is 5.32 Å². The van der Waals surface area contributed by atoms with Crippen LogP contribution in [0.5, 0.6) is 0 Å². The van der Waals surface area contributed by atoms with Crippen LogP contribution in [0.25, 0.3) is 0 Å². The molecule has 4 saturated carbocycles. The molecule has 0 aromatic heterocycles. The molecule has 4 fully saturated rings. The third-order valence-corrected chi connectivity index (χ3v) is 8.42. The number of unbranched alkanes of at least 4 members (excludes halogenated alkanes) is 8. The third kappa shape index (κ3) is 8.18. The molecule has 1 amide bonds. The first-order chi connectivity index (χ1) is 15.0. The van der Waals surface area contributed by atoms with E-state index in [4.69, 9.17) is 0 Å². The molecule has 0 aromatic rings. The van der Waals surface area contributed by atoms with Gasteiger partial charge in [-0.1, -0.05) is 44.9 Å². The summed E-state index contributed by atoms with van der Waals surface area (Å²) in [5.74, 6) is 2.95. The second-order valence-electron chi connectivity index (χ2n) is 11.4. The smallest absolute Gasteiger partial charge is 0.248 e. The van der Waals surface area contributed by atoms with Gasteiger partial charge in [0, 0.05) is 13.0 Å². The summed E-state index contributed by atoms with van der Waals surface area (Å²) in [6, 6.07) is 0. The van der Waals surface area contributed by atoms with E-state index in [9.17, 15) is 14.7 Å². The number of Topliss-reactive ketones (excluding diaryl/α,β-unsaturated/α-hetero) is 1. The number of amides is 1. The maximum absolute atomic E-state index is 12.3. The maximum Gasteiger partial charge on any atom is 0.248 e. The number of nitrogens with one attached hydrogen (secondary N) is 1. The quantitative estimate of drug-likeness (QED) is 0.296. The molecule has 4 bridgehead atoms. The molecule has 0 saturated heterocycles. The Labute approximate surface area is 190 Å². The predicted octanol–water partition coefficient (Wildman–Crippen LogP) is 5.95. The summed E-state index contributed by atoms with van der Waals surface area (Å²) in [4.78, 5) is 23.2. The first-order valence-electron chi connectivity index (χ1n) is 13.4. The fourth-order valence-electron chi connectivity index (χ4n) is 7.24. The molecule has 4 aliphatic rings. The fourth-order valence-corrected chi connectivity index (χ4v) is 7.24. The summed E-state index contributed by atoms with van der Waals surface area (Å²) in [7, 11) is 0. The number of rotatable bonds is 16. The summed E-state index contributed by atoms with van der Waals surface area (Å²) in [5.41, 5.74) is 0.448. The first-order valence-corrected chi connectivity index (χ1v) is 13.4. The van der Waals surface area contributed by atoms with Gasteiger partial charge in [0.15, 0.2) is 0 Å². The molecule has 178 valence electrons. The lowest BCUT2D eigenvalue weighted by atomic mass is 9.48. The van der Waals surface area contributed by atoms with E-state index in [-0.39, 0.29) is 5.91 Å². The second kappa shape index (κ2) is 12.4. The topological polar surface area (TPSA) is 66.4 Å². The van der Waals surface area contributed by atoms with Gasteiger partial charge in [-0.25, -0.2) is 0 Å². The van der Waals surface area contributed by atoms with E-state index in [0.717, 1.165) is 49.9 Å². The van der Waals surface area contributed by atoms with Crippen LogP contribution in [0.15, 0.2) is 0 Å². The molecule has 4 nitrogen and oxygen atoms in total. The molecule has 1 atom stereocenters. The molecule has 4 heteroatoms. The average Bonchev–Trinajstić information content (AvgIpc) is 2.71. The summed E-state index contributed by atoms with van der Waals surface area (Å²) >= 11 is 0. The van der Waals surface area contributed by atoms with Crippen molar-refractivity contribution in [3.63, 3.8) is 0 Å². The average molecular weight is 434 g/mol. The zero-order valence-electron chi connectivity index (χ0n) is 20.0. The number of aliphatic hydroxyl groups excluding tert-OH is 1. The van der Waals surface area contributed by atoms with Gasteiger partial charge in [0.25, 0.3) is 0 Å². The molecule has 0 aliphatic heterocycles. The van der Waals surface area contributed by atoms with Crippen LogP contribution in [0, 0.1) is 23.2 Å². The van der Waals surface area contributed by atoms with Gasteiger partial charge in [-0.15, -0.1) is 0 Å². The van der Waals surface area contributed by atoms with Crippen molar-refractivity contribution < 1.29 is 14.7 Å². The Kier molecular flexibility index (Phi) is 9.87. The lowest BCUT2D eigenvalue weighted by molar-refractivity contribution is -0.130. The Balaban J connectivity index is 1.15. The summed E-state index contributed by atoms with van der Waals surface area (Å²) < 4.78 is 0. The van der Waals surface area contributed by atoms with E-state index in [1.165, 1.54) is 77.0 Å². The zero-order valence-corrected chi connectivity index (χ0v) is 20.0. The lowest BCUT2D eigenvalue weighted by Crippen LogP contribution is -2.46. The minimum Gasteiger partial charge on any atom is -0.383 e. The third-order valence-electron chi connectivity index (χ3n) is 8.42. The van der Waals surface area contributed by atoms with Crippen molar-refractivity contribution in [2.45, 2.75) is 129 Å². The van der Waals surface area contributed by atoms with Crippen LogP contribution in [0.2, 0.25) is 0 Å². The highest BCUT2D eigenvalue weighted by Crippen LogP contribution is 2.61. The lowest BCUT2D eigenvalue weighted by Gasteiger charge is -2.57. The largest absolute Gasteiger partial charge is 0.383 e. The summed E-state index contributed by atoms with van der Waals surface area (Å²) in [6.07, 6.45) is 20.6. The monoisotopic (exact) mass is 433 g/mol. The second-order valence-corrected chi connectivity index (χ2v) is 11.4. The number of hydrogen-bond acceptors (Lipinski definition) is 3. The standard InChI is InChI=1S/C27H47NO3/c1-21(29)11-9-7-5-3-2-4-6-8-10-14-28-26(31)25(30)12-13-27-18-22-15-23(19-27)17-24(16-22)20-27/h22-25,30H,2-20H2,1H3,(H,28,31). The van der Waals surface area contributed by atoms with Gasteiger partial charge in [0.1, 0.15) is 11.9 Å². The highest BCUT2D eigenvalue weighted by atomic mass is 16.3. The van der Waals surface area contributed by atoms with Crippen LogP contribution in [-0.4, -0.2) is 29.4 Å². The molecule has 4 rings (SSSR count). The van der Waals surface area contributed by atoms with Gasteiger partial charge in [-0.05, 0) is 94.3 Å². The Morgan fingerprint density at radius 3 is 1.84 bits per heavy atom. The van der Waals surface area contributed by atoms with Crippen molar-refractivity contribution >= 4 is 11.7 Å². The van der Waals surface area contributed by atoms with Gasteiger partial charge in [-0.3, -0.25) is 4.79 Å². The van der Waals surface area contributed by atoms with Crippen molar-refractivity contribution in [2.75, 3.05) is 6.54 Å². The molecule has 31 heavy (non-hydrogen) atoms. The van der Waals surface area contributed by atoms with E-state index in [2.05, 4.69) is 5.32 Å². The van der Waals surface area contributed by atoms with Crippen molar-refractivity contribution in [2.24, 2.45) is 23.2 Å². The first kappa shape index (κ1) is 24.7. The maximum atomic E-state index is 12.3. The normalized spacial score (nSPS) is 29.8. The fraction of sp³-hybridized carbons (Fsp3) is 0.926. The summed E-state index contributed by atoms with van der Waals surface area (Å²) in [6.45, 7) is 2.37.